The van der Waals surface area contributed by atoms with Crippen molar-refractivity contribution in [3.8, 4) is 23.0 Å². The molecule has 0 N–H and O–H groups in total. The van der Waals surface area contributed by atoms with Crippen molar-refractivity contribution >= 4 is 54.3 Å². The fourth-order valence-corrected chi connectivity index (χ4v) is 17.3. The Bertz CT molecular complexity index is 1990. The first-order valence-electron chi connectivity index (χ1n) is 16.3. The molecule has 3 aliphatic heterocycles. The van der Waals surface area contributed by atoms with Crippen molar-refractivity contribution in [1.29, 1.82) is 0 Å². The van der Waals surface area contributed by atoms with Gasteiger partial charge in [0.05, 0.1) is 0 Å². The van der Waals surface area contributed by atoms with Crippen molar-refractivity contribution in [1.82, 2.24) is 0 Å². The molecule has 4 heteroatoms. The van der Waals surface area contributed by atoms with Crippen molar-refractivity contribution < 1.29 is 9.47 Å². The van der Waals surface area contributed by atoms with Crippen LogP contribution in [0.3, 0.4) is 0 Å². The first-order chi connectivity index (χ1) is 21.0. The van der Waals surface area contributed by atoms with E-state index in [9.17, 15) is 0 Å². The molecule has 3 heterocycles. The number of fused-ring (bicyclic) bond motifs is 1. The van der Waals surface area contributed by atoms with Crippen LogP contribution >= 0.6 is 0 Å². The SMILES string of the molecule is CC(C)(C)c1cc2[c]3c(c1)Oc1cc(C(C)(C)C)cc4[c]1[Ge]3([CH3])[c]1c(cc(C(C)(C)C)cc1N4c1ccc3ccccc3c1)O2. The van der Waals surface area contributed by atoms with Crippen LogP contribution in [0.2, 0.25) is 5.76 Å². The van der Waals surface area contributed by atoms with Crippen LogP contribution in [0.1, 0.15) is 79.0 Å². The van der Waals surface area contributed by atoms with Gasteiger partial charge in [0.15, 0.2) is 0 Å². The Morgan fingerprint density at radius 3 is 1.38 bits per heavy atom. The molecule has 0 saturated heterocycles. The van der Waals surface area contributed by atoms with Crippen LogP contribution in [0.5, 0.6) is 23.0 Å². The van der Waals surface area contributed by atoms with Crippen LogP contribution in [0.4, 0.5) is 17.1 Å². The zero-order valence-electron chi connectivity index (χ0n) is 28.3. The van der Waals surface area contributed by atoms with Crippen molar-refractivity contribution in [3.05, 3.63) is 95.6 Å². The molecule has 0 atom stereocenters. The number of hydrogen-bond donors (Lipinski definition) is 0. The summed E-state index contributed by atoms with van der Waals surface area (Å²) in [5.41, 5.74) is 7.36. The molecule has 228 valence electrons. The van der Waals surface area contributed by atoms with Crippen LogP contribution in [-0.4, -0.2) is 13.3 Å². The van der Waals surface area contributed by atoms with E-state index in [0.717, 1.165) is 23.0 Å². The van der Waals surface area contributed by atoms with Gasteiger partial charge in [0.25, 0.3) is 0 Å². The summed E-state index contributed by atoms with van der Waals surface area (Å²) in [5, 5.41) is 2.48. The van der Waals surface area contributed by atoms with Gasteiger partial charge in [-0.05, 0) is 0 Å². The Hall–Kier alpha value is -3.70. The van der Waals surface area contributed by atoms with Gasteiger partial charge in [-0.2, -0.15) is 0 Å². The number of rotatable bonds is 1. The zero-order chi connectivity index (χ0) is 31.8. The summed E-state index contributed by atoms with van der Waals surface area (Å²) in [6.45, 7) is 20.6. The normalized spacial score (nSPS) is 15.8. The van der Waals surface area contributed by atoms with Gasteiger partial charge in [0.2, 0.25) is 0 Å². The molecule has 0 aliphatic carbocycles. The molecule has 8 rings (SSSR count). The molecule has 5 aromatic rings. The first-order valence-corrected chi connectivity index (χ1v) is 21.5. The summed E-state index contributed by atoms with van der Waals surface area (Å²) in [6, 6.07) is 29.7. The van der Waals surface area contributed by atoms with Gasteiger partial charge in [0.1, 0.15) is 0 Å². The fourth-order valence-electron chi connectivity index (χ4n) is 7.60. The molecule has 3 aliphatic rings. The van der Waals surface area contributed by atoms with E-state index in [1.54, 1.807) is 0 Å². The van der Waals surface area contributed by atoms with Crippen LogP contribution in [0.25, 0.3) is 10.8 Å². The molecule has 0 spiro atoms. The summed E-state index contributed by atoms with van der Waals surface area (Å²) in [5.74, 6) is 6.60. The molecule has 3 nitrogen and oxygen atoms in total. The van der Waals surface area contributed by atoms with E-state index in [1.165, 1.54) is 57.7 Å². The van der Waals surface area contributed by atoms with E-state index in [-0.39, 0.29) is 16.2 Å². The molecule has 5 aromatic carbocycles. The van der Waals surface area contributed by atoms with Crippen LogP contribution in [0.15, 0.2) is 78.9 Å². The van der Waals surface area contributed by atoms with E-state index in [0.29, 0.717) is 0 Å². The fraction of sp³-hybridized carbons (Fsp3) is 0.317. The molecular weight excluding hydrogens is 611 g/mol. The van der Waals surface area contributed by atoms with Gasteiger partial charge in [-0.3, -0.25) is 0 Å². The monoisotopic (exact) mass is 655 g/mol. The average Bonchev–Trinajstić information content (AvgIpc) is 2.94. The van der Waals surface area contributed by atoms with E-state index in [2.05, 4.69) is 152 Å². The van der Waals surface area contributed by atoms with Crippen molar-refractivity contribution in [2.45, 2.75) is 84.3 Å². The number of hydrogen-bond acceptors (Lipinski definition) is 3. The predicted molar refractivity (Wildman–Crippen MR) is 192 cm³/mol. The predicted octanol–water partition coefficient (Wildman–Crippen LogP) is 9.83. The molecule has 0 saturated carbocycles. The van der Waals surface area contributed by atoms with Gasteiger partial charge in [0, 0.05) is 0 Å². The Kier molecular flexibility index (Phi) is 5.73. The molecule has 0 unspecified atom stereocenters. The topological polar surface area (TPSA) is 21.7 Å². The molecule has 0 fully saturated rings. The van der Waals surface area contributed by atoms with E-state index in [1.807, 2.05) is 0 Å². The van der Waals surface area contributed by atoms with Gasteiger partial charge < -0.3 is 0 Å². The van der Waals surface area contributed by atoms with Gasteiger partial charge in [-0.15, -0.1) is 0 Å². The summed E-state index contributed by atoms with van der Waals surface area (Å²) in [6.07, 6.45) is 0. The van der Waals surface area contributed by atoms with Gasteiger partial charge in [-0.25, -0.2) is 0 Å². The number of benzene rings is 5. The molecule has 0 aromatic heterocycles. The Morgan fingerprint density at radius 1 is 0.489 bits per heavy atom. The number of anilines is 3. The molecule has 0 amide bonds. The second-order valence-corrected chi connectivity index (χ2v) is 24.4. The average molecular weight is 654 g/mol. The third-order valence-corrected chi connectivity index (χ3v) is 19.7. The summed E-state index contributed by atoms with van der Waals surface area (Å²) < 4.78 is 18.2. The van der Waals surface area contributed by atoms with E-state index >= 15 is 0 Å². The Balaban J connectivity index is 1.53. The van der Waals surface area contributed by atoms with E-state index < -0.39 is 13.3 Å². The summed E-state index contributed by atoms with van der Waals surface area (Å²) >= 11 is -3.32. The molecular formula is C41H43GeNO2. The zero-order valence-corrected chi connectivity index (χ0v) is 30.4. The molecule has 0 radical (unpaired) electrons. The molecule has 0 bridgehead atoms. The summed E-state index contributed by atoms with van der Waals surface area (Å²) in [4.78, 5) is 2.52. The second-order valence-electron chi connectivity index (χ2n) is 16.5. The third kappa shape index (κ3) is 4.09. The van der Waals surface area contributed by atoms with Gasteiger partial charge >= 0.3 is 272 Å². The standard InChI is InChI=1S/C41H43GeNO2/c1-39(2,3)26-18-30-36-32(20-26)44-34-22-28(41(7,8)9)23-35-38(34)42(36,10)37-31(19-27(40(4,5)6)21-33(37)45-35)43(30)29-16-15-24-13-11-12-14-25(24)17-29/h11-23H,1-10H3. The number of nitrogens with zero attached hydrogens (tertiary/aromatic N) is 1. The summed E-state index contributed by atoms with van der Waals surface area (Å²) in [7, 11) is 0. The maximum atomic E-state index is 7.06. The van der Waals surface area contributed by atoms with Gasteiger partial charge in [-0.1, -0.05) is 0 Å². The maximum absolute atomic E-state index is 7.06. The first kappa shape index (κ1) is 28.8. The number of ether oxygens (including phenoxy) is 2. The molecule has 45 heavy (non-hydrogen) atoms. The van der Waals surface area contributed by atoms with Crippen molar-refractivity contribution in [2.75, 3.05) is 4.90 Å². The quantitative estimate of drug-likeness (QED) is 0.165. The third-order valence-electron chi connectivity index (χ3n) is 10.2. The second kappa shape index (κ2) is 8.97. The van der Waals surface area contributed by atoms with Crippen molar-refractivity contribution in [2.24, 2.45) is 0 Å². The van der Waals surface area contributed by atoms with Crippen molar-refractivity contribution in [3.63, 3.8) is 0 Å². The minimum absolute atomic E-state index is 0.0387. The van der Waals surface area contributed by atoms with Crippen LogP contribution in [0, 0.1) is 0 Å². The van der Waals surface area contributed by atoms with Crippen LogP contribution < -0.4 is 27.6 Å². The minimum atomic E-state index is -3.32. The van der Waals surface area contributed by atoms with Crippen LogP contribution in [-0.2, 0) is 16.2 Å². The Labute approximate surface area is 270 Å². The van der Waals surface area contributed by atoms with E-state index in [4.69, 9.17) is 9.47 Å². The Morgan fingerprint density at radius 2 is 0.911 bits per heavy atom.